The number of piperidine rings is 1. The van der Waals surface area contributed by atoms with Gasteiger partial charge in [0, 0.05) is 49.3 Å². The molecule has 6 aliphatic rings. The molecule has 194 valence electrons. The van der Waals surface area contributed by atoms with Crippen LogP contribution in [-0.2, 0) is 9.59 Å². The zero-order valence-electron chi connectivity index (χ0n) is 20.7. The molecule has 0 atom stereocenters. The predicted octanol–water partition coefficient (Wildman–Crippen LogP) is 3.25. The van der Waals surface area contributed by atoms with Gasteiger partial charge in [-0.3, -0.25) is 9.59 Å². The first-order chi connectivity index (χ1) is 17.4. The summed E-state index contributed by atoms with van der Waals surface area (Å²) in [5, 5.41) is 9.17. The highest BCUT2D eigenvalue weighted by Gasteiger charge is 2.51. The number of hydrogen-bond donors (Lipinski definition) is 3. The number of carbonyl (C=O) groups excluding carboxylic acids is 3. The lowest BCUT2D eigenvalue weighted by atomic mass is 9.53. The van der Waals surface area contributed by atoms with E-state index in [1.807, 2.05) is 4.90 Å². The van der Waals surface area contributed by atoms with Crippen molar-refractivity contribution in [2.75, 3.05) is 31.7 Å². The van der Waals surface area contributed by atoms with Crippen LogP contribution in [0.15, 0.2) is 18.2 Å². The Labute approximate surface area is 211 Å². The maximum absolute atomic E-state index is 12.7. The summed E-state index contributed by atoms with van der Waals surface area (Å²) in [5.41, 5.74) is 0.659. The van der Waals surface area contributed by atoms with Crippen LogP contribution in [0.25, 0.3) is 0 Å². The van der Waals surface area contributed by atoms with Gasteiger partial charge < -0.3 is 30.3 Å². The molecule has 4 saturated carbocycles. The number of anilines is 1. The van der Waals surface area contributed by atoms with E-state index in [4.69, 9.17) is 9.47 Å². The van der Waals surface area contributed by atoms with Gasteiger partial charge in [0.2, 0.25) is 18.6 Å². The zero-order valence-corrected chi connectivity index (χ0v) is 20.7. The fourth-order valence-electron chi connectivity index (χ4n) is 7.60. The van der Waals surface area contributed by atoms with Crippen molar-refractivity contribution in [2.45, 2.75) is 63.3 Å². The van der Waals surface area contributed by atoms with Crippen LogP contribution >= 0.6 is 0 Å². The van der Waals surface area contributed by atoms with E-state index in [9.17, 15) is 14.4 Å². The zero-order chi connectivity index (χ0) is 24.7. The van der Waals surface area contributed by atoms with Crippen LogP contribution in [0.3, 0.4) is 0 Å². The van der Waals surface area contributed by atoms with Crippen molar-refractivity contribution in [3.05, 3.63) is 18.2 Å². The Bertz CT molecular complexity index is 1000. The normalized spacial score (nSPS) is 30.2. The SMILES string of the molecule is O=C(NCCC(=O)N1CCC(C(=O)Nc2ccc3c(c2)OCO3)CC1)NC12CC3CC(CC(C3)C1)C2. The van der Waals surface area contributed by atoms with E-state index in [1.165, 1.54) is 19.3 Å². The number of rotatable bonds is 6. The van der Waals surface area contributed by atoms with E-state index in [1.54, 1.807) is 18.2 Å². The van der Waals surface area contributed by atoms with Crippen LogP contribution < -0.4 is 25.4 Å². The number of nitrogens with zero attached hydrogens (tertiary/aromatic N) is 1. The molecule has 3 N–H and O–H groups in total. The monoisotopic (exact) mass is 496 g/mol. The van der Waals surface area contributed by atoms with E-state index in [0.29, 0.717) is 49.7 Å². The largest absolute Gasteiger partial charge is 0.454 e. The summed E-state index contributed by atoms with van der Waals surface area (Å²) in [6.45, 7) is 1.64. The Kier molecular flexibility index (Phi) is 6.17. The van der Waals surface area contributed by atoms with Crippen LogP contribution in [0, 0.1) is 23.7 Å². The summed E-state index contributed by atoms with van der Waals surface area (Å²) >= 11 is 0. The van der Waals surface area contributed by atoms with Crippen molar-refractivity contribution in [3.8, 4) is 11.5 Å². The molecule has 36 heavy (non-hydrogen) atoms. The summed E-state index contributed by atoms with van der Waals surface area (Å²) in [7, 11) is 0. The second-order valence-electron chi connectivity index (χ2n) is 11.5. The second-order valence-corrected chi connectivity index (χ2v) is 11.5. The topological polar surface area (TPSA) is 109 Å². The van der Waals surface area contributed by atoms with Gasteiger partial charge in [0.15, 0.2) is 11.5 Å². The van der Waals surface area contributed by atoms with Crippen LogP contribution in [0.5, 0.6) is 11.5 Å². The molecule has 9 heteroatoms. The minimum absolute atomic E-state index is 0.0219. The summed E-state index contributed by atoms with van der Waals surface area (Å²) < 4.78 is 10.7. The Morgan fingerprint density at radius 3 is 2.31 bits per heavy atom. The lowest BCUT2D eigenvalue weighted by molar-refractivity contribution is -0.134. The van der Waals surface area contributed by atoms with E-state index in [2.05, 4.69) is 16.0 Å². The summed E-state index contributed by atoms with van der Waals surface area (Å²) in [6.07, 6.45) is 8.90. The molecule has 2 aliphatic heterocycles. The summed E-state index contributed by atoms with van der Waals surface area (Å²) in [5.74, 6) is 3.50. The van der Waals surface area contributed by atoms with Crippen LogP contribution in [0.2, 0.25) is 0 Å². The summed E-state index contributed by atoms with van der Waals surface area (Å²) in [6, 6.07) is 5.22. The number of hydrogen-bond acceptors (Lipinski definition) is 5. The molecule has 4 bridgehead atoms. The molecule has 2 heterocycles. The Morgan fingerprint density at radius 2 is 1.61 bits per heavy atom. The average Bonchev–Trinajstić information content (AvgIpc) is 3.31. The molecule has 1 aromatic rings. The standard InChI is InChI=1S/C27H36N4O5/c32-24(3-6-28-26(34)30-27-13-17-9-18(14-27)11-19(10-17)15-27)31-7-4-20(5-8-31)25(33)29-21-1-2-22-23(12-21)36-16-35-22/h1-2,12,17-20H,3-11,13-16H2,(H,29,33)(H2,28,30,34). The molecular formula is C27H36N4O5. The number of nitrogens with one attached hydrogen (secondary N) is 3. The van der Waals surface area contributed by atoms with Crippen LogP contribution in [0.4, 0.5) is 10.5 Å². The molecule has 4 aliphatic carbocycles. The van der Waals surface area contributed by atoms with Gasteiger partial charge in [-0.1, -0.05) is 0 Å². The highest BCUT2D eigenvalue weighted by molar-refractivity contribution is 5.93. The third-order valence-corrected chi connectivity index (χ3v) is 8.90. The number of urea groups is 1. The van der Waals surface area contributed by atoms with Crippen molar-refractivity contribution in [2.24, 2.45) is 23.7 Å². The molecule has 0 aromatic heterocycles. The second kappa shape index (κ2) is 9.48. The van der Waals surface area contributed by atoms with Gasteiger partial charge in [0.25, 0.3) is 0 Å². The Hall–Kier alpha value is -2.97. The molecule has 5 fully saturated rings. The van der Waals surface area contributed by atoms with E-state index in [-0.39, 0.29) is 42.5 Å². The Morgan fingerprint density at radius 1 is 0.944 bits per heavy atom. The Balaban J connectivity index is 0.907. The first kappa shape index (κ1) is 23.4. The quantitative estimate of drug-likeness (QED) is 0.560. The van der Waals surface area contributed by atoms with Gasteiger partial charge in [-0.2, -0.15) is 0 Å². The third-order valence-electron chi connectivity index (χ3n) is 8.90. The fraction of sp³-hybridized carbons (Fsp3) is 0.667. The number of benzene rings is 1. The molecule has 1 aromatic carbocycles. The molecular weight excluding hydrogens is 460 g/mol. The first-order valence-corrected chi connectivity index (χ1v) is 13.5. The summed E-state index contributed by atoms with van der Waals surface area (Å²) in [4.78, 5) is 39.8. The van der Waals surface area contributed by atoms with E-state index in [0.717, 1.165) is 37.0 Å². The van der Waals surface area contributed by atoms with E-state index < -0.39 is 0 Å². The number of ether oxygens (including phenoxy) is 2. The van der Waals surface area contributed by atoms with Gasteiger partial charge in [-0.25, -0.2) is 4.79 Å². The highest BCUT2D eigenvalue weighted by Crippen LogP contribution is 2.55. The lowest BCUT2D eigenvalue weighted by Gasteiger charge is -2.56. The maximum atomic E-state index is 12.7. The van der Waals surface area contributed by atoms with Crippen LogP contribution in [0.1, 0.15) is 57.8 Å². The smallest absolute Gasteiger partial charge is 0.315 e. The lowest BCUT2D eigenvalue weighted by Crippen LogP contribution is -2.61. The molecule has 0 unspecified atom stereocenters. The molecule has 0 radical (unpaired) electrons. The fourth-order valence-corrected chi connectivity index (χ4v) is 7.60. The van der Waals surface area contributed by atoms with Gasteiger partial charge >= 0.3 is 6.03 Å². The van der Waals surface area contributed by atoms with Crippen molar-refractivity contribution in [1.29, 1.82) is 0 Å². The highest BCUT2D eigenvalue weighted by atomic mass is 16.7. The number of carbonyl (C=O) groups is 3. The van der Waals surface area contributed by atoms with Gasteiger partial charge in [-0.15, -0.1) is 0 Å². The maximum Gasteiger partial charge on any atom is 0.315 e. The molecule has 0 spiro atoms. The van der Waals surface area contributed by atoms with Crippen LogP contribution in [-0.4, -0.2) is 54.7 Å². The van der Waals surface area contributed by atoms with Crippen molar-refractivity contribution >= 4 is 23.5 Å². The molecule has 4 amide bonds. The molecule has 1 saturated heterocycles. The average molecular weight is 497 g/mol. The van der Waals surface area contributed by atoms with Crippen molar-refractivity contribution in [1.82, 2.24) is 15.5 Å². The van der Waals surface area contributed by atoms with Gasteiger partial charge in [-0.05, 0) is 81.3 Å². The molecule has 7 rings (SSSR count). The van der Waals surface area contributed by atoms with Crippen molar-refractivity contribution in [3.63, 3.8) is 0 Å². The first-order valence-electron chi connectivity index (χ1n) is 13.5. The van der Waals surface area contributed by atoms with Gasteiger partial charge in [0.05, 0.1) is 0 Å². The minimum Gasteiger partial charge on any atom is -0.454 e. The number of fused-ring (bicyclic) bond motifs is 1. The number of amides is 4. The van der Waals surface area contributed by atoms with Gasteiger partial charge in [0.1, 0.15) is 0 Å². The van der Waals surface area contributed by atoms with Crippen molar-refractivity contribution < 1.29 is 23.9 Å². The number of likely N-dealkylation sites (tertiary alicyclic amines) is 1. The molecule has 9 nitrogen and oxygen atoms in total. The minimum atomic E-state index is -0.136. The predicted molar refractivity (Wildman–Crippen MR) is 133 cm³/mol. The van der Waals surface area contributed by atoms with E-state index >= 15 is 0 Å². The third kappa shape index (κ3) is 4.84.